The van der Waals surface area contributed by atoms with Gasteiger partial charge in [0.25, 0.3) is 0 Å². The Bertz CT molecular complexity index is 481. The number of nitrogens with one attached hydrogen (secondary N) is 1. The summed E-state index contributed by atoms with van der Waals surface area (Å²) in [5.74, 6) is -0.619. The topological polar surface area (TPSA) is 61.8 Å². The number of likely N-dealkylation sites (N-methyl/N-ethyl adjacent to an activating group) is 1. The molecule has 1 atom stereocenters. The molecule has 0 bridgehead atoms. The number of aliphatic hydroxyl groups excluding tert-OH is 1. The van der Waals surface area contributed by atoms with Crippen LogP contribution in [0.4, 0.5) is 10.1 Å². The van der Waals surface area contributed by atoms with Crippen LogP contribution in [0.25, 0.3) is 0 Å². The van der Waals surface area contributed by atoms with Crippen molar-refractivity contribution < 1.29 is 19.0 Å². The Labute approximate surface area is 117 Å². The molecule has 0 saturated carbocycles. The molecular weight excluding hydrogens is 263 g/mol. The highest BCUT2D eigenvalue weighted by molar-refractivity contribution is 5.86. The zero-order valence-electron chi connectivity index (χ0n) is 11.4. The molecule has 20 heavy (non-hydrogen) atoms. The summed E-state index contributed by atoms with van der Waals surface area (Å²) in [6.45, 7) is 3.18. The number of hydrogen-bond acceptors (Lipinski definition) is 4. The molecule has 1 fully saturated rings. The second-order valence-corrected chi connectivity index (χ2v) is 4.57. The fraction of sp³-hybridized carbons (Fsp3) is 0.500. The van der Waals surface area contributed by atoms with Gasteiger partial charge >= 0.3 is 0 Å². The first-order valence-corrected chi connectivity index (χ1v) is 6.69. The molecule has 0 aromatic heterocycles. The molecule has 0 spiro atoms. The van der Waals surface area contributed by atoms with Gasteiger partial charge in [-0.1, -0.05) is 6.07 Å². The van der Waals surface area contributed by atoms with Gasteiger partial charge in [-0.15, -0.1) is 0 Å². The normalized spacial score (nSPS) is 18.9. The third-order valence-corrected chi connectivity index (χ3v) is 3.34. The predicted molar refractivity (Wildman–Crippen MR) is 73.0 cm³/mol. The molecule has 2 rings (SSSR count). The number of aliphatic hydroxyl groups is 1. The fourth-order valence-corrected chi connectivity index (χ4v) is 2.37. The van der Waals surface area contributed by atoms with Crippen molar-refractivity contribution in [3.8, 4) is 0 Å². The van der Waals surface area contributed by atoms with Crippen molar-refractivity contribution in [3.05, 3.63) is 29.6 Å². The maximum atomic E-state index is 13.8. The van der Waals surface area contributed by atoms with E-state index in [1.165, 1.54) is 6.07 Å². The molecule has 0 aliphatic carbocycles. The average molecular weight is 282 g/mol. The van der Waals surface area contributed by atoms with Crippen LogP contribution in [0, 0.1) is 5.82 Å². The van der Waals surface area contributed by atoms with Crippen LogP contribution in [0.15, 0.2) is 18.2 Å². The number of hydrogen-bond donors (Lipinski definition) is 2. The molecular formula is C14H19FN2O3. The summed E-state index contributed by atoms with van der Waals surface area (Å²) < 4.78 is 19.1. The van der Waals surface area contributed by atoms with Crippen LogP contribution in [0.1, 0.15) is 12.5 Å². The first kappa shape index (κ1) is 14.7. The number of halogens is 1. The molecule has 5 nitrogen and oxygen atoms in total. The minimum atomic E-state index is -0.504. The fourth-order valence-electron chi connectivity index (χ4n) is 2.37. The number of anilines is 1. The summed E-state index contributed by atoms with van der Waals surface area (Å²) >= 11 is 0. The lowest BCUT2D eigenvalue weighted by Crippen LogP contribution is -2.54. The number of morpholine rings is 1. The maximum absolute atomic E-state index is 13.8. The summed E-state index contributed by atoms with van der Waals surface area (Å²) in [5.41, 5.74) is 0.760. The van der Waals surface area contributed by atoms with Crippen LogP contribution < -0.4 is 10.2 Å². The van der Waals surface area contributed by atoms with Crippen LogP contribution in [0.3, 0.4) is 0 Å². The van der Waals surface area contributed by atoms with E-state index >= 15 is 0 Å². The van der Waals surface area contributed by atoms with E-state index in [4.69, 9.17) is 4.74 Å². The molecule has 1 unspecified atom stereocenters. The average Bonchev–Trinajstić information content (AvgIpc) is 2.47. The summed E-state index contributed by atoms with van der Waals surface area (Å²) in [4.78, 5) is 13.9. The SMILES string of the molecule is CCNC(=O)C1COCCN1c1cccc(F)c1CO. The van der Waals surface area contributed by atoms with Crippen molar-refractivity contribution in [2.45, 2.75) is 19.6 Å². The smallest absolute Gasteiger partial charge is 0.245 e. The highest BCUT2D eigenvalue weighted by Crippen LogP contribution is 2.26. The quantitative estimate of drug-likeness (QED) is 0.851. The van der Waals surface area contributed by atoms with Crippen LogP contribution in [0.2, 0.25) is 0 Å². The van der Waals surface area contributed by atoms with Crippen molar-refractivity contribution in [2.24, 2.45) is 0 Å². The van der Waals surface area contributed by atoms with E-state index in [9.17, 15) is 14.3 Å². The van der Waals surface area contributed by atoms with Gasteiger partial charge in [0.2, 0.25) is 5.91 Å². The van der Waals surface area contributed by atoms with Gasteiger partial charge < -0.3 is 20.1 Å². The summed E-state index contributed by atoms with van der Waals surface area (Å²) in [6.07, 6.45) is 0. The van der Waals surface area contributed by atoms with Crippen molar-refractivity contribution in [2.75, 3.05) is 31.2 Å². The number of carbonyl (C=O) groups is 1. The molecule has 2 N–H and O–H groups in total. The first-order valence-electron chi connectivity index (χ1n) is 6.69. The van der Waals surface area contributed by atoms with Gasteiger partial charge in [0, 0.05) is 24.3 Å². The monoisotopic (exact) mass is 282 g/mol. The number of carbonyl (C=O) groups excluding carboxylic acids is 1. The number of rotatable bonds is 4. The van der Waals surface area contributed by atoms with Crippen LogP contribution in [-0.2, 0) is 16.1 Å². The van der Waals surface area contributed by atoms with Gasteiger partial charge in [-0.25, -0.2) is 4.39 Å². The Balaban J connectivity index is 2.32. The van der Waals surface area contributed by atoms with E-state index in [0.717, 1.165) is 0 Å². The number of benzene rings is 1. The van der Waals surface area contributed by atoms with Crippen molar-refractivity contribution in [1.82, 2.24) is 5.32 Å². The Morgan fingerprint density at radius 1 is 1.60 bits per heavy atom. The molecule has 1 aromatic rings. The van der Waals surface area contributed by atoms with E-state index in [-0.39, 0.29) is 18.1 Å². The van der Waals surface area contributed by atoms with Crippen LogP contribution in [-0.4, -0.2) is 43.4 Å². The van der Waals surface area contributed by atoms with Gasteiger partial charge in [0.1, 0.15) is 11.9 Å². The number of ether oxygens (including phenoxy) is 1. The Kier molecular flexibility index (Phi) is 4.92. The Hall–Kier alpha value is -1.66. The third-order valence-electron chi connectivity index (χ3n) is 3.34. The highest BCUT2D eigenvalue weighted by atomic mass is 19.1. The highest BCUT2D eigenvalue weighted by Gasteiger charge is 2.30. The Morgan fingerprint density at radius 2 is 2.40 bits per heavy atom. The standard InChI is InChI=1S/C14H19FN2O3/c1-2-16-14(19)13-9-20-7-6-17(13)12-5-3-4-11(15)10(12)8-18/h3-5,13,18H,2,6-9H2,1H3,(H,16,19). The number of nitrogens with zero attached hydrogens (tertiary/aromatic N) is 1. The second-order valence-electron chi connectivity index (χ2n) is 4.57. The molecule has 6 heteroatoms. The van der Waals surface area contributed by atoms with Crippen molar-refractivity contribution >= 4 is 11.6 Å². The van der Waals surface area contributed by atoms with E-state index < -0.39 is 18.5 Å². The van der Waals surface area contributed by atoms with Crippen molar-refractivity contribution in [1.29, 1.82) is 0 Å². The van der Waals surface area contributed by atoms with Gasteiger partial charge in [0.05, 0.1) is 19.8 Å². The Morgan fingerprint density at radius 3 is 3.10 bits per heavy atom. The predicted octanol–water partition coefficient (Wildman–Crippen LogP) is 0.659. The molecule has 0 radical (unpaired) electrons. The zero-order chi connectivity index (χ0) is 14.5. The van der Waals surface area contributed by atoms with Gasteiger partial charge in [-0.2, -0.15) is 0 Å². The summed E-state index contributed by atoms with van der Waals surface area (Å²) in [7, 11) is 0. The molecule has 1 saturated heterocycles. The molecule has 1 heterocycles. The minimum Gasteiger partial charge on any atom is -0.391 e. The number of amides is 1. The molecule has 110 valence electrons. The maximum Gasteiger partial charge on any atom is 0.245 e. The molecule has 1 aliphatic rings. The van der Waals surface area contributed by atoms with Gasteiger partial charge in [-0.3, -0.25) is 4.79 Å². The lowest BCUT2D eigenvalue weighted by molar-refractivity contribution is -0.124. The largest absolute Gasteiger partial charge is 0.391 e. The van der Waals surface area contributed by atoms with Crippen LogP contribution >= 0.6 is 0 Å². The second kappa shape index (κ2) is 6.67. The van der Waals surface area contributed by atoms with E-state index in [2.05, 4.69) is 5.32 Å². The summed E-state index contributed by atoms with van der Waals surface area (Å²) in [6, 6.07) is 4.09. The van der Waals surface area contributed by atoms with Crippen LogP contribution in [0.5, 0.6) is 0 Å². The summed E-state index contributed by atoms with van der Waals surface area (Å²) in [5, 5.41) is 12.1. The first-order chi connectivity index (χ1) is 9.69. The third kappa shape index (κ3) is 2.91. The van der Waals surface area contributed by atoms with Gasteiger partial charge in [-0.05, 0) is 19.1 Å². The molecule has 1 aliphatic heterocycles. The molecule has 1 aromatic carbocycles. The zero-order valence-corrected chi connectivity index (χ0v) is 11.4. The lowest BCUT2D eigenvalue weighted by Gasteiger charge is -2.37. The van der Waals surface area contributed by atoms with E-state index in [1.54, 1.807) is 17.0 Å². The van der Waals surface area contributed by atoms with Crippen molar-refractivity contribution in [3.63, 3.8) is 0 Å². The van der Waals surface area contributed by atoms with E-state index in [0.29, 0.717) is 25.4 Å². The van der Waals surface area contributed by atoms with Gasteiger partial charge in [0.15, 0.2) is 0 Å². The lowest BCUT2D eigenvalue weighted by atomic mass is 10.1. The minimum absolute atomic E-state index is 0.152. The van der Waals surface area contributed by atoms with E-state index in [1.807, 2.05) is 6.92 Å². The molecule has 1 amide bonds.